The van der Waals surface area contributed by atoms with E-state index in [-0.39, 0.29) is 24.0 Å². The van der Waals surface area contributed by atoms with Gasteiger partial charge in [0.15, 0.2) is 17.3 Å². The number of hydrogen-bond donors (Lipinski definition) is 2. The van der Waals surface area contributed by atoms with Gasteiger partial charge in [-0.1, -0.05) is 6.07 Å². The van der Waals surface area contributed by atoms with Gasteiger partial charge >= 0.3 is 0 Å². The number of aromatic nitrogens is 1. The Morgan fingerprint density at radius 2 is 1.93 bits per heavy atom. The van der Waals surface area contributed by atoms with E-state index in [0.717, 1.165) is 29.5 Å². The van der Waals surface area contributed by atoms with Gasteiger partial charge in [0.2, 0.25) is 16.8 Å². The Morgan fingerprint density at radius 1 is 1.10 bits per heavy atom. The third-order valence-corrected chi connectivity index (χ3v) is 7.02. The number of carbonyl (C=O) groups excluding carboxylic acids is 1. The summed E-state index contributed by atoms with van der Waals surface area (Å²) in [4.78, 5) is 15.8. The molecule has 5 rings (SSSR count). The maximum absolute atomic E-state index is 13.0. The van der Waals surface area contributed by atoms with Crippen molar-refractivity contribution in [2.45, 2.75) is 37.6 Å². The number of Topliss-reactive ketones (excluding diaryl/α,β-unsaturated/α-hetero) is 1. The largest absolute Gasteiger partial charge is 0.454 e. The predicted molar refractivity (Wildman–Crippen MR) is 107 cm³/mol. The van der Waals surface area contributed by atoms with Crippen molar-refractivity contribution < 1.29 is 22.7 Å². The molecular formula is C21H20N2O5S. The number of nitrogens with one attached hydrogen (secondary N) is 2. The van der Waals surface area contributed by atoms with Crippen LogP contribution in [0.15, 0.2) is 35.2 Å². The van der Waals surface area contributed by atoms with E-state index >= 15 is 0 Å². The topological polar surface area (TPSA) is 97.5 Å². The van der Waals surface area contributed by atoms with E-state index in [2.05, 4.69) is 9.71 Å². The number of rotatable bonds is 4. The second-order valence-corrected chi connectivity index (χ2v) is 9.17. The molecule has 0 fully saturated rings. The molecule has 1 aromatic heterocycles. The highest BCUT2D eigenvalue weighted by atomic mass is 32.2. The second kappa shape index (κ2) is 6.60. The maximum Gasteiger partial charge on any atom is 0.241 e. The van der Waals surface area contributed by atoms with Crippen LogP contribution in [0.4, 0.5) is 0 Å². The molecule has 2 aromatic carbocycles. The highest BCUT2D eigenvalue weighted by molar-refractivity contribution is 7.89. The van der Waals surface area contributed by atoms with Crippen LogP contribution in [0.1, 0.15) is 40.0 Å². The molecule has 0 saturated heterocycles. The number of benzene rings is 2. The van der Waals surface area contributed by atoms with Gasteiger partial charge in [-0.15, -0.1) is 0 Å². The summed E-state index contributed by atoms with van der Waals surface area (Å²) in [6.07, 6.45) is 2.16. The molecular weight excluding hydrogens is 392 g/mol. The first-order valence-electron chi connectivity index (χ1n) is 9.49. The molecule has 3 aromatic rings. The molecule has 1 aliphatic heterocycles. The lowest BCUT2D eigenvalue weighted by Gasteiger charge is -2.11. The third-order valence-electron chi connectivity index (χ3n) is 5.47. The van der Waals surface area contributed by atoms with Crippen molar-refractivity contribution in [1.82, 2.24) is 9.71 Å². The van der Waals surface area contributed by atoms with Crippen LogP contribution in [0.3, 0.4) is 0 Å². The summed E-state index contributed by atoms with van der Waals surface area (Å²) in [6.45, 7) is 2.06. The number of aromatic amines is 1. The minimum Gasteiger partial charge on any atom is -0.454 e. The first-order chi connectivity index (χ1) is 13.9. The molecule has 29 heavy (non-hydrogen) atoms. The van der Waals surface area contributed by atoms with Crippen molar-refractivity contribution in [2.24, 2.45) is 0 Å². The molecule has 2 N–H and O–H groups in total. The minimum atomic E-state index is -3.74. The molecule has 0 unspecified atom stereocenters. The molecule has 7 nitrogen and oxygen atoms in total. The fraction of sp³-hybridized carbons (Fsp3) is 0.286. The Morgan fingerprint density at radius 3 is 2.79 bits per heavy atom. The van der Waals surface area contributed by atoms with Gasteiger partial charge in [-0.25, -0.2) is 13.1 Å². The Hall–Kier alpha value is -2.84. The molecule has 0 atom stereocenters. The van der Waals surface area contributed by atoms with Crippen LogP contribution < -0.4 is 14.2 Å². The first kappa shape index (κ1) is 18.2. The number of carbonyl (C=O) groups is 1. The summed E-state index contributed by atoms with van der Waals surface area (Å²) in [7, 11) is -3.74. The Kier molecular flexibility index (Phi) is 4.15. The van der Waals surface area contributed by atoms with Crippen LogP contribution >= 0.6 is 0 Å². The fourth-order valence-corrected chi connectivity index (χ4v) is 5.31. The highest BCUT2D eigenvalue weighted by Gasteiger charge is 2.25. The zero-order valence-corrected chi connectivity index (χ0v) is 16.7. The van der Waals surface area contributed by atoms with Crippen molar-refractivity contribution in [3.8, 4) is 11.5 Å². The minimum absolute atomic E-state index is 0.119. The van der Waals surface area contributed by atoms with Crippen LogP contribution in [0.25, 0.3) is 10.9 Å². The van der Waals surface area contributed by atoms with Crippen molar-refractivity contribution in [2.75, 3.05) is 6.79 Å². The van der Waals surface area contributed by atoms with Gasteiger partial charge in [-0.05, 0) is 55.2 Å². The van der Waals surface area contributed by atoms with Crippen molar-refractivity contribution in [1.29, 1.82) is 0 Å². The average Bonchev–Trinajstić information content (AvgIpc) is 3.30. The molecule has 0 amide bonds. The van der Waals surface area contributed by atoms with Crippen molar-refractivity contribution >= 4 is 26.7 Å². The van der Waals surface area contributed by atoms with Gasteiger partial charge in [0.25, 0.3) is 0 Å². The number of H-pyrrole nitrogens is 1. The van der Waals surface area contributed by atoms with Crippen molar-refractivity contribution in [3.63, 3.8) is 0 Å². The smallest absolute Gasteiger partial charge is 0.241 e. The van der Waals surface area contributed by atoms with Crippen LogP contribution in [0.2, 0.25) is 0 Å². The quantitative estimate of drug-likeness (QED) is 0.686. The van der Waals surface area contributed by atoms with E-state index < -0.39 is 10.0 Å². The Balaban J connectivity index is 1.46. The van der Waals surface area contributed by atoms with Gasteiger partial charge in [-0.2, -0.15) is 0 Å². The normalized spacial score (nSPS) is 15.7. The van der Waals surface area contributed by atoms with E-state index in [0.29, 0.717) is 34.6 Å². The van der Waals surface area contributed by atoms with Crippen molar-refractivity contribution in [3.05, 3.63) is 52.7 Å². The Bertz CT molecular complexity index is 1260. The lowest BCUT2D eigenvalue weighted by Crippen LogP contribution is -2.24. The standard InChI is InChI=1S/C21H20N2O5S/c1-12-7-14-16(23-15-3-2-4-17(24)21(14)15)9-20(12)29(25,26)22-10-13-5-6-18-19(8-13)28-11-27-18/h5-9,22-23H,2-4,10-11H2,1H3. The molecule has 1 aliphatic carbocycles. The van der Waals surface area contributed by atoms with Gasteiger partial charge in [0.05, 0.1) is 4.90 Å². The number of ketones is 1. The molecule has 8 heteroatoms. The molecule has 0 saturated carbocycles. The summed E-state index contributed by atoms with van der Waals surface area (Å²) >= 11 is 0. The van der Waals surface area contributed by atoms with Gasteiger partial charge in [-0.3, -0.25) is 4.79 Å². The summed E-state index contributed by atoms with van der Waals surface area (Å²) in [6, 6.07) is 8.76. The monoisotopic (exact) mass is 412 g/mol. The zero-order valence-electron chi connectivity index (χ0n) is 15.9. The number of hydrogen-bond acceptors (Lipinski definition) is 5. The van der Waals surface area contributed by atoms with Crippen LogP contribution in [0, 0.1) is 6.92 Å². The molecule has 0 radical (unpaired) electrons. The molecule has 2 heterocycles. The molecule has 150 valence electrons. The number of aryl methyl sites for hydroxylation is 2. The summed E-state index contributed by atoms with van der Waals surface area (Å²) < 4.78 is 39.2. The summed E-state index contributed by atoms with van der Waals surface area (Å²) in [5.41, 5.74) is 3.68. The number of fused-ring (bicyclic) bond motifs is 4. The van der Waals surface area contributed by atoms with Gasteiger partial charge in [0.1, 0.15) is 0 Å². The van der Waals surface area contributed by atoms with Gasteiger partial charge < -0.3 is 14.5 Å². The van der Waals surface area contributed by atoms with E-state index in [4.69, 9.17) is 9.47 Å². The maximum atomic E-state index is 13.0. The molecule has 0 bridgehead atoms. The van der Waals surface area contributed by atoms with E-state index in [1.165, 1.54) is 0 Å². The van der Waals surface area contributed by atoms with Crippen LogP contribution in [-0.4, -0.2) is 26.0 Å². The van der Waals surface area contributed by atoms with Gasteiger partial charge in [0, 0.05) is 35.1 Å². The lowest BCUT2D eigenvalue weighted by molar-refractivity contribution is 0.0974. The third kappa shape index (κ3) is 3.08. The van der Waals surface area contributed by atoms with Crippen LogP contribution in [0.5, 0.6) is 11.5 Å². The lowest BCUT2D eigenvalue weighted by atomic mass is 9.94. The molecule has 2 aliphatic rings. The van der Waals surface area contributed by atoms with E-state index in [1.54, 1.807) is 37.3 Å². The van der Waals surface area contributed by atoms with E-state index in [9.17, 15) is 13.2 Å². The first-order valence-corrected chi connectivity index (χ1v) is 11.0. The van der Waals surface area contributed by atoms with Crippen LogP contribution in [-0.2, 0) is 23.0 Å². The second-order valence-electron chi connectivity index (χ2n) is 7.43. The zero-order chi connectivity index (χ0) is 20.2. The number of ether oxygens (including phenoxy) is 2. The molecule has 0 spiro atoms. The summed E-state index contributed by atoms with van der Waals surface area (Å²) in [5, 5.41) is 0.803. The summed E-state index contributed by atoms with van der Waals surface area (Å²) in [5.74, 6) is 1.39. The Labute approximate surface area is 168 Å². The SMILES string of the molecule is Cc1cc2c3c([nH]c2cc1S(=O)(=O)NCc1ccc2c(c1)OCO2)CCCC3=O. The fourth-order valence-electron chi connectivity index (χ4n) is 4.04. The highest BCUT2D eigenvalue weighted by Crippen LogP contribution is 2.34. The predicted octanol–water partition coefficient (Wildman–Crippen LogP) is 3.20. The van der Waals surface area contributed by atoms with E-state index in [1.807, 2.05) is 0 Å². The number of sulfonamides is 1. The average molecular weight is 412 g/mol.